The second kappa shape index (κ2) is 8.64. The van der Waals surface area contributed by atoms with Gasteiger partial charge in [0, 0.05) is 37.5 Å². The molecule has 2 aromatic rings. The summed E-state index contributed by atoms with van der Waals surface area (Å²) in [7, 11) is 0. The van der Waals surface area contributed by atoms with Crippen LogP contribution in [0.2, 0.25) is 0 Å². The van der Waals surface area contributed by atoms with E-state index in [0.717, 1.165) is 55.6 Å². The minimum Gasteiger partial charge on any atom is -0.339 e. The molecule has 2 amide bonds. The molecule has 3 fully saturated rings. The van der Waals surface area contributed by atoms with Gasteiger partial charge in [-0.15, -0.1) is 0 Å². The molecule has 0 spiro atoms. The highest BCUT2D eigenvalue weighted by atomic mass is 16.2. The fourth-order valence-corrected chi connectivity index (χ4v) is 5.92. The Balaban J connectivity index is 1.42. The number of aromatic nitrogens is 2. The fraction of sp³-hybridized carbons (Fsp3) is 0.640. The molecule has 1 aliphatic carbocycles. The second-order valence-electron chi connectivity index (χ2n) is 9.72. The summed E-state index contributed by atoms with van der Waals surface area (Å²) in [6.07, 6.45) is 9.85. The van der Waals surface area contributed by atoms with Crippen LogP contribution in [0.1, 0.15) is 76.5 Å². The first-order chi connectivity index (χ1) is 15.1. The standard InChI is InChI=1S/C25H34N4O2/c1-18-9-7-8-14-27(18)24(31)17-29-22-13-6-5-12-21(22)26-25(29)19-15-23(30)28(16-19)20-10-3-2-4-11-20/h5-6,12-13,18-20H,2-4,7-11,14-17H2,1H3. The molecule has 3 aliphatic rings. The zero-order valence-corrected chi connectivity index (χ0v) is 18.6. The molecule has 1 saturated carbocycles. The van der Waals surface area contributed by atoms with Gasteiger partial charge in [-0.05, 0) is 51.2 Å². The normalized spacial score (nSPS) is 25.5. The minimum absolute atomic E-state index is 0.0633. The number of benzene rings is 1. The highest BCUT2D eigenvalue weighted by molar-refractivity contribution is 5.83. The predicted molar refractivity (Wildman–Crippen MR) is 121 cm³/mol. The van der Waals surface area contributed by atoms with Crippen LogP contribution in [0.5, 0.6) is 0 Å². The van der Waals surface area contributed by atoms with Crippen molar-refractivity contribution in [3.8, 4) is 0 Å². The van der Waals surface area contributed by atoms with Crippen LogP contribution in [0.15, 0.2) is 24.3 Å². The van der Waals surface area contributed by atoms with Crippen LogP contribution in [0, 0.1) is 0 Å². The van der Waals surface area contributed by atoms with E-state index in [9.17, 15) is 9.59 Å². The summed E-state index contributed by atoms with van der Waals surface area (Å²) in [5.74, 6) is 1.40. The summed E-state index contributed by atoms with van der Waals surface area (Å²) < 4.78 is 2.10. The summed E-state index contributed by atoms with van der Waals surface area (Å²) in [4.78, 5) is 35.3. The van der Waals surface area contributed by atoms with Crippen molar-refractivity contribution in [2.75, 3.05) is 13.1 Å². The topological polar surface area (TPSA) is 58.4 Å². The van der Waals surface area contributed by atoms with Crippen molar-refractivity contribution < 1.29 is 9.59 Å². The molecule has 5 rings (SSSR count). The van der Waals surface area contributed by atoms with Crippen molar-refractivity contribution in [3.63, 3.8) is 0 Å². The number of likely N-dealkylation sites (tertiary alicyclic amines) is 2. The molecule has 2 aliphatic heterocycles. The molecule has 0 N–H and O–H groups in total. The Bertz CT molecular complexity index is 962. The zero-order chi connectivity index (χ0) is 21.4. The van der Waals surface area contributed by atoms with Crippen molar-refractivity contribution in [2.24, 2.45) is 0 Å². The number of carbonyl (C=O) groups is 2. The Kier molecular flexibility index (Phi) is 5.72. The zero-order valence-electron chi connectivity index (χ0n) is 18.6. The maximum absolute atomic E-state index is 13.3. The van der Waals surface area contributed by atoms with Gasteiger partial charge in [-0.3, -0.25) is 9.59 Å². The van der Waals surface area contributed by atoms with E-state index in [1.54, 1.807) is 0 Å². The lowest BCUT2D eigenvalue weighted by Crippen LogP contribution is -2.43. The van der Waals surface area contributed by atoms with Crippen molar-refractivity contribution in [1.82, 2.24) is 19.4 Å². The number of hydrogen-bond acceptors (Lipinski definition) is 3. The minimum atomic E-state index is 0.0633. The van der Waals surface area contributed by atoms with E-state index in [1.165, 1.54) is 25.7 Å². The number of rotatable bonds is 4. The molecule has 2 unspecified atom stereocenters. The monoisotopic (exact) mass is 422 g/mol. The van der Waals surface area contributed by atoms with E-state index < -0.39 is 0 Å². The molecule has 31 heavy (non-hydrogen) atoms. The van der Waals surface area contributed by atoms with E-state index in [0.29, 0.717) is 25.0 Å². The van der Waals surface area contributed by atoms with Gasteiger partial charge >= 0.3 is 0 Å². The van der Waals surface area contributed by atoms with Crippen LogP contribution in [0.25, 0.3) is 11.0 Å². The lowest BCUT2D eigenvalue weighted by atomic mass is 9.94. The number of carbonyl (C=O) groups excluding carboxylic acids is 2. The molecule has 6 nitrogen and oxygen atoms in total. The van der Waals surface area contributed by atoms with Gasteiger partial charge in [-0.2, -0.15) is 0 Å². The Morgan fingerprint density at radius 1 is 1.06 bits per heavy atom. The van der Waals surface area contributed by atoms with E-state index in [-0.39, 0.29) is 17.7 Å². The fourth-order valence-electron chi connectivity index (χ4n) is 5.92. The average molecular weight is 423 g/mol. The van der Waals surface area contributed by atoms with Gasteiger partial charge in [0.25, 0.3) is 0 Å². The number of fused-ring (bicyclic) bond motifs is 1. The van der Waals surface area contributed by atoms with Crippen LogP contribution in [-0.4, -0.2) is 56.3 Å². The van der Waals surface area contributed by atoms with Gasteiger partial charge in [-0.1, -0.05) is 31.4 Å². The summed E-state index contributed by atoms with van der Waals surface area (Å²) in [6.45, 7) is 4.05. The molecule has 3 heterocycles. The van der Waals surface area contributed by atoms with Crippen LogP contribution in [0.4, 0.5) is 0 Å². The lowest BCUT2D eigenvalue weighted by molar-refractivity contribution is -0.135. The summed E-state index contributed by atoms with van der Waals surface area (Å²) >= 11 is 0. The number of imidazole rings is 1. The second-order valence-corrected chi connectivity index (χ2v) is 9.72. The van der Waals surface area contributed by atoms with Gasteiger partial charge in [0.1, 0.15) is 12.4 Å². The summed E-state index contributed by atoms with van der Waals surface area (Å²) in [5, 5.41) is 0. The Morgan fingerprint density at radius 3 is 2.65 bits per heavy atom. The molecular formula is C25H34N4O2. The van der Waals surface area contributed by atoms with E-state index in [2.05, 4.69) is 22.5 Å². The van der Waals surface area contributed by atoms with Crippen LogP contribution in [0.3, 0.4) is 0 Å². The Morgan fingerprint density at radius 2 is 1.84 bits per heavy atom. The average Bonchev–Trinajstić information content (AvgIpc) is 3.35. The first kappa shape index (κ1) is 20.5. The molecule has 1 aromatic carbocycles. The van der Waals surface area contributed by atoms with Crippen molar-refractivity contribution in [1.29, 1.82) is 0 Å². The summed E-state index contributed by atoms with van der Waals surface area (Å²) in [5.41, 5.74) is 1.92. The highest BCUT2D eigenvalue weighted by Crippen LogP contribution is 2.34. The first-order valence-electron chi connectivity index (χ1n) is 12.2. The van der Waals surface area contributed by atoms with E-state index in [1.807, 2.05) is 23.1 Å². The van der Waals surface area contributed by atoms with Crippen molar-refractivity contribution >= 4 is 22.8 Å². The van der Waals surface area contributed by atoms with E-state index in [4.69, 9.17) is 4.98 Å². The number of amides is 2. The number of piperidine rings is 1. The molecule has 1 aromatic heterocycles. The lowest BCUT2D eigenvalue weighted by Gasteiger charge is -2.34. The highest BCUT2D eigenvalue weighted by Gasteiger charge is 2.38. The third-order valence-electron chi connectivity index (χ3n) is 7.64. The molecule has 6 heteroatoms. The van der Waals surface area contributed by atoms with Gasteiger partial charge in [-0.25, -0.2) is 4.98 Å². The quantitative estimate of drug-likeness (QED) is 0.746. The maximum atomic E-state index is 13.3. The van der Waals surface area contributed by atoms with Crippen LogP contribution < -0.4 is 0 Å². The molecule has 2 saturated heterocycles. The first-order valence-corrected chi connectivity index (χ1v) is 12.2. The Labute approximate surface area is 184 Å². The Hall–Kier alpha value is -2.37. The number of para-hydroxylation sites is 2. The van der Waals surface area contributed by atoms with Crippen LogP contribution in [-0.2, 0) is 16.1 Å². The predicted octanol–water partition coefficient (Wildman–Crippen LogP) is 4.09. The van der Waals surface area contributed by atoms with E-state index >= 15 is 0 Å². The maximum Gasteiger partial charge on any atom is 0.242 e. The molecular weight excluding hydrogens is 388 g/mol. The number of hydrogen-bond donors (Lipinski definition) is 0. The van der Waals surface area contributed by atoms with Crippen molar-refractivity contribution in [2.45, 2.75) is 89.3 Å². The smallest absolute Gasteiger partial charge is 0.242 e. The van der Waals surface area contributed by atoms with Crippen molar-refractivity contribution in [3.05, 3.63) is 30.1 Å². The third kappa shape index (κ3) is 3.97. The van der Waals surface area contributed by atoms with Crippen LogP contribution >= 0.6 is 0 Å². The SMILES string of the molecule is CC1CCCCN1C(=O)Cn1c(C2CC(=O)N(C3CCCCC3)C2)nc2ccccc21. The third-order valence-corrected chi connectivity index (χ3v) is 7.64. The molecule has 2 atom stereocenters. The molecule has 166 valence electrons. The number of nitrogens with zero attached hydrogens (tertiary/aromatic N) is 4. The molecule has 0 bridgehead atoms. The molecule has 0 radical (unpaired) electrons. The van der Waals surface area contributed by atoms with Gasteiger partial charge in [0.15, 0.2) is 0 Å². The summed E-state index contributed by atoms with van der Waals surface area (Å²) in [6, 6.07) is 8.75. The largest absolute Gasteiger partial charge is 0.339 e. The van der Waals surface area contributed by atoms with Gasteiger partial charge in [0.05, 0.1) is 11.0 Å². The van der Waals surface area contributed by atoms with Gasteiger partial charge in [0.2, 0.25) is 11.8 Å². The van der Waals surface area contributed by atoms with Gasteiger partial charge < -0.3 is 14.4 Å².